The van der Waals surface area contributed by atoms with Crippen molar-refractivity contribution in [1.82, 2.24) is 10.2 Å². The Kier molecular flexibility index (Phi) is 8.92. The summed E-state index contributed by atoms with van der Waals surface area (Å²) in [6.45, 7) is 2.96. The second kappa shape index (κ2) is 12.8. The van der Waals surface area contributed by atoms with E-state index in [-0.39, 0.29) is 42.3 Å². The number of para-hydroxylation sites is 1. The van der Waals surface area contributed by atoms with E-state index in [2.05, 4.69) is 29.6 Å². The molecule has 220 valence electrons. The molecule has 3 unspecified atom stereocenters. The Morgan fingerprint density at radius 1 is 1.05 bits per heavy atom. The predicted molar refractivity (Wildman–Crippen MR) is 163 cm³/mol. The molecule has 2 aromatic rings. The average molecular weight is 569 g/mol. The standard InChI is InChI=1S/C34H40N4O4/c1-2-37(21-22-39)33(42)38(26-13-7-4-8-14-26)23-24-16-18-27-28(19-17-24)34(27)20-10-9-15-29(34)32(41)36-30(31(35)40)25-11-5-3-6-12-25/h3-8,11-14,16-19,27,29-30,39H,2,9-10,15,20-23H2,1H3,(H2,35,40)(H,36,41)/t27?,29-,30?,34?/m0/s1. The fraction of sp³-hybridized carbons (Fsp3) is 0.382. The van der Waals surface area contributed by atoms with Gasteiger partial charge in [0.15, 0.2) is 0 Å². The highest BCUT2D eigenvalue weighted by Gasteiger charge is 2.64. The monoisotopic (exact) mass is 568 g/mol. The molecule has 42 heavy (non-hydrogen) atoms. The molecule has 2 aromatic carbocycles. The molecular weight excluding hydrogens is 528 g/mol. The number of aliphatic hydroxyl groups excluding tert-OH is 1. The molecule has 4 N–H and O–H groups in total. The maximum absolute atomic E-state index is 13.7. The minimum atomic E-state index is -0.868. The van der Waals surface area contributed by atoms with Gasteiger partial charge in [0.05, 0.1) is 13.2 Å². The molecule has 2 saturated carbocycles. The Morgan fingerprint density at radius 2 is 1.76 bits per heavy atom. The summed E-state index contributed by atoms with van der Waals surface area (Å²) in [6, 6.07) is 17.7. The van der Waals surface area contributed by atoms with Gasteiger partial charge < -0.3 is 21.1 Å². The van der Waals surface area contributed by atoms with Gasteiger partial charge in [0.2, 0.25) is 11.8 Å². The summed E-state index contributed by atoms with van der Waals surface area (Å²) in [4.78, 5) is 42.9. The smallest absolute Gasteiger partial charge is 0.324 e. The number of nitrogens with two attached hydrogens (primary N) is 1. The van der Waals surface area contributed by atoms with E-state index >= 15 is 0 Å². The first-order valence-electron chi connectivity index (χ1n) is 14.9. The van der Waals surface area contributed by atoms with Gasteiger partial charge in [-0.1, -0.05) is 91.2 Å². The number of hydrogen-bond donors (Lipinski definition) is 3. The van der Waals surface area contributed by atoms with Gasteiger partial charge in [-0.3, -0.25) is 14.5 Å². The van der Waals surface area contributed by atoms with Crippen LogP contribution in [0, 0.1) is 17.3 Å². The zero-order valence-electron chi connectivity index (χ0n) is 24.1. The third-order valence-corrected chi connectivity index (χ3v) is 8.96. The summed E-state index contributed by atoms with van der Waals surface area (Å²) in [7, 11) is 0. The van der Waals surface area contributed by atoms with Crippen LogP contribution in [0.25, 0.3) is 0 Å². The van der Waals surface area contributed by atoms with E-state index in [0.717, 1.165) is 36.9 Å². The number of fused-ring (bicyclic) bond motifs is 3. The number of urea groups is 1. The quantitative estimate of drug-likeness (QED) is 0.391. The SMILES string of the molecule is CCN(CCO)C(=O)N(CC1=CC=C2C(C=C1)C21CCCC[C@H]1C(=O)NC(C(N)=O)c1ccccc1)c1ccccc1. The van der Waals surface area contributed by atoms with Crippen LogP contribution in [0.2, 0.25) is 0 Å². The number of nitrogens with zero attached hydrogens (tertiary/aromatic N) is 2. The predicted octanol–water partition coefficient (Wildman–Crippen LogP) is 4.50. The Labute approximate surface area is 247 Å². The number of likely N-dealkylation sites (N-methyl/N-ethyl adjacent to an activating group) is 1. The van der Waals surface area contributed by atoms with Gasteiger partial charge in [-0.15, -0.1) is 0 Å². The number of rotatable bonds is 10. The molecule has 8 nitrogen and oxygen atoms in total. The van der Waals surface area contributed by atoms with Gasteiger partial charge in [0, 0.05) is 36.0 Å². The van der Waals surface area contributed by atoms with E-state index in [1.807, 2.05) is 55.5 Å². The van der Waals surface area contributed by atoms with Crippen molar-refractivity contribution in [2.24, 2.45) is 23.0 Å². The number of allylic oxidation sites excluding steroid dienone is 4. The molecule has 3 aliphatic carbocycles. The first-order valence-corrected chi connectivity index (χ1v) is 14.9. The second-order valence-electron chi connectivity index (χ2n) is 11.3. The van der Waals surface area contributed by atoms with Crippen molar-refractivity contribution in [2.45, 2.75) is 38.6 Å². The summed E-state index contributed by atoms with van der Waals surface area (Å²) < 4.78 is 0. The van der Waals surface area contributed by atoms with E-state index in [1.165, 1.54) is 5.57 Å². The molecule has 5 rings (SSSR count). The Bertz CT molecular complexity index is 1390. The van der Waals surface area contributed by atoms with Crippen LogP contribution >= 0.6 is 0 Å². The Balaban J connectivity index is 1.36. The molecule has 0 heterocycles. The van der Waals surface area contributed by atoms with Gasteiger partial charge in [-0.2, -0.15) is 0 Å². The highest BCUT2D eigenvalue weighted by atomic mass is 16.3. The van der Waals surface area contributed by atoms with Crippen LogP contribution in [-0.4, -0.2) is 54.1 Å². The van der Waals surface area contributed by atoms with Crippen molar-refractivity contribution in [3.05, 3.63) is 102 Å². The van der Waals surface area contributed by atoms with E-state index in [9.17, 15) is 19.5 Å². The van der Waals surface area contributed by atoms with E-state index in [1.54, 1.807) is 21.9 Å². The molecule has 0 bridgehead atoms. The van der Waals surface area contributed by atoms with Crippen LogP contribution in [0.15, 0.2) is 96.1 Å². The lowest BCUT2D eigenvalue weighted by Gasteiger charge is -2.33. The zero-order valence-corrected chi connectivity index (χ0v) is 24.1. The molecule has 0 radical (unpaired) electrons. The van der Waals surface area contributed by atoms with Crippen LogP contribution in [-0.2, 0) is 9.59 Å². The largest absolute Gasteiger partial charge is 0.395 e. The Morgan fingerprint density at radius 3 is 2.43 bits per heavy atom. The summed E-state index contributed by atoms with van der Waals surface area (Å²) >= 11 is 0. The van der Waals surface area contributed by atoms with Crippen LogP contribution < -0.4 is 16.0 Å². The maximum atomic E-state index is 13.7. The number of carbonyl (C=O) groups is 3. The van der Waals surface area contributed by atoms with Crippen LogP contribution in [0.1, 0.15) is 44.2 Å². The second-order valence-corrected chi connectivity index (χ2v) is 11.3. The lowest BCUT2D eigenvalue weighted by Crippen LogP contribution is -2.45. The lowest BCUT2D eigenvalue weighted by molar-refractivity contribution is -0.132. The van der Waals surface area contributed by atoms with Gasteiger partial charge >= 0.3 is 6.03 Å². The third-order valence-electron chi connectivity index (χ3n) is 8.96. The number of amides is 4. The normalized spacial score (nSPS) is 23.1. The molecule has 0 aliphatic heterocycles. The van der Waals surface area contributed by atoms with E-state index in [4.69, 9.17) is 5.73 Å². The van der Waals surface area contributed by atoms with Crippen LogP contribution in [0.4, 0.5) is 10.5 Å². The number of primary amides is 1. The maximum Gasteiger partial charge on any atom is 0.324 e. The first kappa shape index (κ1) is 29.3. The van der Waals surface area contributed by atoms with Crippen molar-refractivity contribution in [3.63, 3.8) is 0 Å². The third kappa shape index (κ3) is 5.77. The van der Waals surface area contributed by atoms with Crippen LogP contribution in [0.5, 0.6) is 0 Å². The highest BCUT2D eigenvalue weighted by molar-refractivity contribution is 5.93. The van der Waals surface area contributed by atoms with Gasteiger partial charge in [-0.05, 0) is 43.0 Å². The van der Waals surface area contributed by atoms with E-state index in [0.29, 0.717) is 18.7 Å². The highest BCUT2D eigenvalue weighted by Crippen LogP contribution is 2.69. The summed E-state index contributed by atoms with van der Waals surface area (Å²) in [6.07, 6.45) is 12.1. The number of anilines is 1. The summed E-state index contributed by atoms with van der Waals surface area (Å²) in [5.74, 6) is -0.812. The van der Waals surface area contributed by atoms with E-state index < -0.39 is 11.9 Å². The fourth-order valence-electron chi connectivity index (χ4n) is 6.78. The zero-order chi connectivity index (χ0) is 29.7. The number of hydrogen-bond acceptors (Lipinski definition) is 4. The lowest BCUT2D eigenvalue weighted by atomic mass is 9.73. The van der Waals surface area contributed by atoms with Gasteiger partial charge in [0.1, 0.15) is 6.04 Å². The average Bonchev–Trinajstić information content (AvgIpc) is 3.68. The molecule has 3 aliphatic rings. The molecule has 0 saturated heterocycles. The van der Waals surface area contributed by atoms with Crippen molar-refractivity contribution in [1.29, 1.82) is 0 Å². The molecule has 8 heteroatoms. The molecule has 4 amide bonds. The van der Waals surface area contributed by atoms with Gasteiger partial charge in [-0.25, -0.2) is 4.79 Å². The Hall–Kier alpha value is -4.17. The van der Waals surface area contributed by atoms with Crippen molar-refractivity contribution < 1.29 is 19.5 Å². The first-order chi connectivity index (χ1) is 20.4. The summed E-state index contributed by atoms with van der Waals surface area (Å²) in [5.41, 5.74) is 9.13. The summed E-state index contributed by atoms with van der Waals surface area (Å²) in [5, 5.41) is 12.5. The number of carbonyl (C=O) groups excluding carboxylic acids is 3. The van der Waals surface area contributed by atoms with Crippen molar-refractivity contribution in [2.75, 3.05) is 31.1 Å². The van der Waals surface area contributed by atoms with Gasteiger partial charge in [0.25, 0.3) is 0 Å². The van der Waals surface area contributed by atoms with Crippen LogP contribution in [0.3, 0.4) is 0 Å². The fourth-order valence-corrected chi connectivity index (χ4v) is 6.78. The number of aliphatic hydroxyl groups is 1. The molecule has 1 spiro atoms. The van der Waals surface area contributed by atoms with Crippen molar-refractivity contribution in [3.8, 4) is 0 Å². The topological polar surface area (TPSA) is 116 Å². The minimum absolute atomic E-state index is 0.0963. The van der Waals surface area contributed by atoms with Crippen molar-refractivity contribution >= 4 is 23.5 Å². The molecule has 2 fully saturated rings. The molecule has 4 atom stereocenters. The molecular formula is C34H40N4O4. The number of benzene rings is 2. The number of nitrogens with one attached hydrogen (secondary N) is 1. The molecule has 0 aromatic heterocycles. The minimum Gasteiger partial charge on any atom is -0.395 e.